The van der Waals surface area contributed by atoms with Crippen molar-refractivity contribution in [2.24, 2.45) is 5.73 Å². The second-order valence-electron chi connectivity index (χ2n) is 3.81. The Morgan fingerprint density at radius 1 is 1.41 bits per heavy atom. The highest BCUT2D eigenvalue weighted by atomic mass is 79.9. The Bertz CT molecular complexity index is 385. The third kappa shape index (κ3) is 5.28. The Balaban J connectivity index is 2.22. The molecule has 0 aliphatic rings. The minimum atomic E-state index is -0.266. The van der Waals surface area contributed by atoms with E-state index in [1.165, 1.54) is 6.07 Å². The van der Waals surface area contributed by atoms with Gasteiger partial charge in [0.1, 0.15) is 5.82 Å². The highest BCUT2D eigenvalue weighted by molar-refractivity contribution is 9.10. The van der Waals surface area contributed by atoms with Crippen molar-refractivity contribution in [2.45, 2.75) is 25.8 Å². The number of hydrogen-bond acceptors (Lipinski definition) is 2. The third-order valence-corrected chi connectivity index (χ3v) is 3.26. The lowest BCUT2D eigenvalue weighted by atomic mass is 10.2. The van der Waals surface area contributed by atoms with Crippen LogP contribution in [-0.2, 0) is 11.3 Å². The summed E-state index contributed by atoms with van der Waals surface area (Å²) in [5, 5.41) is 3.19. The molecule has 0 radical (unpaired) electrons. The molecule has 0 aliphatic carbocycles. The van der Waals surface area contributed by atoms with Crippen LogP contribution in [0, 0.1) is 5.82 Å². The van der Waals surface area contributed by atoms with Gasteiger partial charge in [0.25, 0.3) is 0 Å². The summed E-state index contributed by atoms with van der Waals surface area (Å²) in [5.74, 6) is -0.518. The molecule has 17 heavy (non-hydrogen) atoms. The number of carbonyl (C=O) groups is 1. The first-order valence-corrected chi connectivity index (χ1v) is 6.32. The van der Waals surface area contributed by atoms with E-state index in [1.807, 2.05) is 6.07 Å². The fraction of sp³-hybridized carbons (Fsp3) is 0.417. The van der Waals surface area contributed by atoms with Gasteiger partial charge in [-0.25, -0.2) is 4.39 Å². The van der Waals surface area contributed by atoms with E-state index >= 15 is 0 Å². The minimum Gasteiger partial charge on any atom is -0.370 e. The third-order valence-electron chi connectivity index (χ3n) is 2.37. The van der Waals surface area contributed by atoms with Crippen LogP contribution in [0.4, 0.5) is 4.39 Å². The number of halogens is 2. The summed E-state index contributed by atoms with van der Waals surface area (Å²) >= 11 is 3.21. The standard InChI is InChI=1S/C12H16BrFN2O/c13-12-9(4-3-5-10(12)14)8-16-7-2-1-6-11(15)17/h3-5,16H,1-2,6-8H2,(H2,15,17). The summed E-state index contributed by atoms with van der Waals surface area (Å²) in [7, 11) is 0. The Morgan fingerprint density at radius 2 is 2.18 bits per heavy atom. The van der Waals surface area contributed by atoms with Crippen LogP contribution in [0.25, 0.3) is 0 Å². The second-order valence-corrected chi connectivity index (χ2v) is 4.61. The van der Waals surface area contributed by atoms with Crippen LogP contribution in [0.3, 0.4) is 0 Å². The zero-order valence-corrected chi connectivity index (χ0v) is 11.1. The zero-order chi connectivity index (χ0) is 12.7. The predicted molar refractivity (Wildman–Crippen MR) is 68.9 cm³/mol. The summed E-state index contributed by atoms with van der Waals surface area (Å²) in [6.45, 7) is 1.39. The summed E-state index contributed by atoms with van der Waals surface area (Å²) in [6.07, 6.45) is 2.09. The topological polar surface area (TPSA) is 55.1 Å². The molecule has 1 aromatic carbocycles. The van der Waals surface area contributed by atoms with E-state index in [-0.39, 0.29) is 11.7 Å². The van der Waals surface area contributed by atoms with E-state index in [2.05, 4.69) is 21.2 Å². The van der Waals surface area contributed by atoms with Crippen LogP contribution in [0.1, 0.15) is 24.8 Å². The average Bonchev–Trinajstić information content (AvgIpc) is 2.28. The molecule has 0 fully saturated rings. The van der Waals surface area contributed by atoms with Crippen molar-refractivity contribution < 1.29 is 9.18 Å². The van der Waals surface area contributed by atoms with Crippen molar-refractivity contribution >= 4 is 21.8 Å². The number of nitrogens with two attached hydrogens (primary N) is 1. The second kappa shape index (κ2) is 7.40. The maximum atomic E-state index is 13.2. The number of carbonyl (C=O) groups excluding carboxylic acids is 1. The normalized spacial score (nSPS) is 10.5. The highest BCUT2D eigenvalue weighted by Crippen LogP contribution is 2.19. The number of primary amides is 1. The fourth-order valence-electron chi connectivity index (χ4n) is 1.46. The first kappa shape index (κ1) is 14.1. The zero-order valence-electron chi connectivity index (χ0n) is 9.51. The maximum Gasteiger partial charge on any atom is 0.217 e. The molecular formula is C12H16BrFN2O. The van der Waals surface area contributed by atoms with Crippen molar-refractivity contribution in [3.05, 3.63) is 34.1 Å². The molecular weight excluding hydrogens is 287 g/mol. The van der Waals surface area contributed by atoms with Crippen LogP contribution in [-0.4, -0.2) is 12.5 Å². The van der Waals surface area contributed by atoms with Crippen LogP contribution in [0.5, 0.6) is 0 Å². The van der Waals surface area contributed by atoms with Gasteiger partial charge in [-0.3, -0.25) is 4.79 Å². The van der Waals surface area contributed by atoms with Gasteiger partial charge in [-0.05, 0) is 46.9 Å². The SMILES string of the molecule is NC(=O)CCCCNCc1cccc(F)c1Br. The van der Waals surface area contributed by atoms with Gasteiger partial charge < -0.3 is 11.1 Å². The smallest absolute Gasteiger partial charge is 0.217 e. The monoisotopic (exact) mass is 302 g/mol. The molecule has 0 aliphatic heterocycles. The fourth-order valence-corrected chi connectivity index (χ4v) is 1.86. The molecule has 1 amide bonds. The quantitative estimate of drug-likeness (QED) is 0.760. The highest BCUT2D eigenvalue weighted by Gasteiger charge is 2.04. The minimum absolute atomic E-state index is 0.252. The largest absolute Gasteiger partial charge is 0.370 e. The van der Waals surface area contributed by atoms with Gasteiger partial charge in [0.05, 0.1) is 4.47 Å². The van der Waals surface area contributed by atoms with Gasteiger partial charge in [-0.1, -0.05) is 12.1 Å². The van der Waals surface area contributed by atoms with Crippen LogP contribution >= 0.6 is 15.9 Å². The molecule has 3 N–H and O–H groups in total. The molecule has 3 nitrogen and oxygen atoms in total. The molecule has 94 valence electrons. The number of unbranched alkanes of at least 4 members (excludes halogenated alkanes) is 1. The van der Waals surface area contributed by atoms with Crippen molar-refractivity contribution in [1.82, 2.24) is 5.32 Å². The van der Waals surface area contributed by atoms with Crippen LogP contribution < -0.4 is 11.1 Å². The Hall–Kier alpha value is -0.940. The molecule has 0 unspecified atom stereocenters. The number of nitrogens with one attached hydrogen (secondary N) is 1. The molecule has 1 aromatic rings. The van der Waals surface area contributed by atoms with Gasteiger partial charge in [0.15, 0.2) is 0 Å². The van der Waals surface area contributed by atoms with Gasteiger partial charge in [0, 0.05) is 13.0 Å². The molecule has 0 spiro atoms. The average molecular weight is 303 g/mol. The van der Waals surface area contributed by atoms with Gasteiger partial charge in [-0.2, -0.15) is 0 Å². The van der Waals surface area contributed by atoms with E-state index in [0.29, 0.717) is 17.4 Å². The lowest BCUT2D eigenvalue weighted by molar-refractivity contribution is -0.118. The molecule has 1 rings (SSSR count). The molecule has 0 saturated heterocycles. The van der Waals surface area contributed by atoms with Crippen molar-refractivity contribution in [3.8, 4) is 0 Å². The number of amides is 1. The summed E-state index contributed by atoms with van der Waals surface area (Å²) < 4.78 is 13.7. The Morgan fingerprint density at radius 3 is 2.88 bits per heavy atom. The van der Waals surface area contributed by atoms with E-state index in [9.17, 15) is 9.18 Å². The summed E-state index contributed by atoms with van der Waals surface area (Å²) in [5.41, 5.74) is 5.92. The number of benzene rings is 1. The van der Waals surface area contributed by atoms with Crippen LogP contribution in [0.15, 0.2) is 22.7 Å². The van der Waals surface area contributed by atoms with Gasteiger partial charge >= 0.3 is 0 Å². The molecule has 0 saturated carbocycles. The lowest BCUT2D eigenvalue weighted by Crippen LogP contribution is -2.16. The molecule has 5 heteroatoms. The summed E-state index contributed by atoms with van der Waals surface area (Å²) in [6, 6.07) is 4.97. The Labute approximate surface area is 109 Å². The van der Waals surface area contributed by atoms with E-state index in [1.54, 1.807) is 6.07 Å². The number of rotatable bonds is 7. The summed E-state index contributed by atoms with van der Waals surface area (Å²) in [4.78, 5) is 10.5. The van der Waals surface area contributed by atoms with E-state index in [0.717, 1.165) is 24.9 Å². The van der Waals surface area contributed by atoms with Crippen molar-refractivity contribution in [1.29, 1.82) is 0 Å². The molecule has 0 atom stereocenters. The maximum absolute atomic E-state index is 13.2. The predicted octanol–water partition coefficient (Wildman–Crippen LogP) is 2.33. The van der Waals surface area contributed by atoms with Gasteiger partial charge in [0.2, 0.25) is 5.91 Å². The lowest BCUT2D eigenvalue weighted by Gasteiger charge is -2.07. The van der Waals surface area contributed by atoms with Crippen molar-refractivity contribution in [3.63, 3.8) is 0 Å². The first-order chi connectivity index (χ1) is 8.11. The Kier molecular flexibility index (Phi) is 6.15. The number of hydrogen-bond donors (Lipinski definition) is 2. The van der Waals surface area contributed by atoms with E-state index in [4.69, 9.17) is 5.73 Å². The molecule has 0 bridgehead atoms. The first-order valence-electron chi connectivity index (χ1n) is 5.53. The molecule has 0 heterocycles. The van der Waals surface area contributed by atoms with Crippen LogP contribution in [0.2, 0.25) is 0 Å². The van der Waals surface area contributed by atoms with Gasteiger partial charge in [-0.15, -0.1) is 0 Å². The molecule has 0 aromatic heterocycles. The van der Waals surface area contributed by atoms with E-state index < -0.39 is 0 Å². The van der Waals surface area contributed by atoms with Crippen molar-refractivity contribution in [2.75, 3.05) is 6.54 Å².